The Kier molecular flexibility index (Phi) is 2.99. The van der Waals surface area contributed by atoms with Crippen molar-refractivity contribution in [2.24, 2.45) is 0 Å². The number of rotatable bonds is 3. The molecule has 0 aliphatic rings. The standard InChI is InChI=1S/C9H11NO4S/c1-10(15(2,13)14)8-6-4-3-5-7(8)9(11)12/h3-6H,1-2H3,(H,11,12). The summed E-state index contributed by atoms with van der Waals surface area (Å²) in [5.74, 6) is -1.15. The third-order valence-electron chi connectivity index (χ3n) is 1.97. The first-order valence-electron chi connectivity index (χ1n) is 4.10. The highest BCUT2D eigenvalue weighted by Crippen LogP contribution is 2.20. The van der Waals surface area contributed by atoms with Crippen molar-refractivity contribution < 1.29 is 18.3 Å². The van der Waals surface area contributed by atoms with Crippen LogP contribution in [0, 0.1) is 0 Å². The van der Waals surface area contributed by atoms with Gasteiger partial charge >= 0.3 is 5.97 Å². The van der Waals surface area contributed by atoms with Gasteiger partial charge in [0.2, 0.25) is 10.0 Å². The highest BCUT2D eigenvalue weighted by molar-refractivity contribution is 7.92. The monoisotopic (exact) mass is 229 g/mol. The Morgan fingerprint density at radius 2 is 1.87 bits per heavy atom. The highest BCUT2D eigenvalue weighted by atomic mass is 32.2. The average Bonchev–Trinajstić information content (AvgIpc) is 2.15. The third kappa shape index (κ3) is 2.47. The van der Waals surface area contributed by atoms with E-state index >= 15 is 0 Å². The van der Waals surface area contributed by atoms with E-state index in [9.17, 15) is 13.2 Å². The van der Waals surface area contributed by atoms with Gasteiger partial charge in [-0.1, -0.05) is 12.1 Å². The molecule has 0 saturated heterocycles. The number of anilines is 1. The summed E-state index contributed by atoms with van der Waals surface area (Å²) >= 11 is 0. The van der Waals surface area contributed by atoms with Gasteiger partial charge in [-0.2, -0.15) is 0 Å². The molecule has 0 atom stereocenters. The zero-order valence-corrected chi connectivity index (χ0v) is 9.15. The van der Waals surface area contributed by atoms with Gasteiger partial charge in [0, 0.05) is 7.05 Å². The van der Waals surface area contributed by atoms with Gasteiger partial charge < -0.3 is 5.11 Å². The second-order valence-corrected chi connectivity index (χ2v) is 5.07. The van der Waals surface area contributed by atoms with Crippen LogP contribution in [0.2, 0.25) is 0 Å². The molecular formula is C9H11NO4S. The lowest BCUT2D eigenvalue weighted by Crippen LogP contribution is -2.26. The van der Waals surface area contributed by atoms with Crippen LogP contribution < -0.4 is 4.31 Å². The van der Waals surface area contributed by atoms with E-state index in [1.807, 2.05) is 0 Å². The summed E-state index contributed by atoms with van der Waals surface area (Å²) in [5, 5.41) is 8.86. The quantitative estimate of drug-likeness (QED) is 0.831. The predicted molar refractivity (Wildman–Crippen MR) is 56.6 cm³/mol. The Morgan fingerprint density at radius 1 is 1.33 bits per heavy atom. The number of carboxylic acid groups (broad SMARTS) is 1. The van der Waals surface area contributed by atoms with Gasteiger partial charge in [0.05, 0.1) is 17.5 Å². The van der Waals surface area contributed by atoms with Crippen molar-refractivity contribution in [3.8, 4) is 0 Å². The number of aromatic carboxylic acids is 1. The van der Waals surface area contributed by atoms with Gasteiger partial charge in [0.25, 0.3) is 0 Å². The zero-order chi connectivity index (χ0) is 11.6. The normalized spacial score (nSPS) is 11.1. The second-order valence-electron chi connectivity index (χ2n) is 3.05. The molecule has 0 amide bonds. The van der Waals surface area contributed by atoms with Crippen molar-refractivity contribution in [2.45, 2.75) is 0 Å². The van der Waals surface area contributed by atoms with Crippen LogP contribution in [-0.4, -0.2) is 32.8 Å². The predicted octanol–water partition coefficient (Wildman–Crippen LogP) is 0.781. The van der Waals surface area contributed by atoms with Gasteiger partial charge in [-0.3, -0.25) is 4.31 Å². The number of nitrogens with zero attached hydrogens (tertiary/aromatic N) is 1. The van der Waals surface area contributed by atoms with Gasteiger partial charge in [-0.05, 0) is 12.1 Å². The van der Waals surface area contributed by atoms with Gasteiger partial charge in [0.1, 0.15) is 0 Å². The SMILES string of the molecule is CN(c1ccccc1C(=O)O)S(C)(=O)=O. The molecule has 0 spiro atoms. The van der Waals surface area contributed by atoms with Crippen LogP contribution in [0.4, 0.5) is 5.69 Å². The molecule has 0 saturated carbocycles. The van der Waals surface area contributed by atoms with Gasteiger partial charge in [-0.25, -0.2) is 13.2 Å². The van der Waals surface area contributed by atoms with E-state index in [0.29, 0.717) is 0 Å². The molecule has 82 valence electrons. The van der Waals surface area contributed by atoms with Crippen LogP contribution in [0.3, 0.4) is 0 Å². The molecule has 1 aromatic rings. The molecule has 0 unspecified atom stereocenters. The molecule has 0 aliphatic heterocycles. The highest BCUT2D eigenvalue weighted by Gasteiger charge is 2.18. The Morgan fingerprint density at radius 3 is 2.33 bits per heavy atom. The average molecular weight is 229 g/mol. The van der Waals surface area contributed by atoms with Crippen molar-refractivity contribution in [1.82, 2.24) is 0 Å². The number of carbonyl (C=O) groups is 1. The van der Waals surface area contributed by atoms with Crippen molar-refractivity contribution in [1.29, 1.82) is 0 Å². The molecule has 6 heteroatoms. The molecular weight excluding hydrogens is 218 g/mol. The number of hydrogen-bond acceptors (Lipinski definition) is 3. The Labute approximate surface area is 88.0 Å². The van der Waals surface area contributed by atoms with Gasteiger partial charge in [0.15, 0.2) is 0 Å². The molecule has 0 radical (unpaired) electrons. The minimum Gasteiger partial charge on any atom is -0.478 e. The van der Waals surface area contributed by atoms with E-state index in [0.717, 1.165) is 10.6 Å². The Hall–Kier alpha value is -1.56. The maximum absolute atomic E-state index is 11.2. The van der Waals surface area contributed by atoms with Crippen LogP contribution >= 0.6 is 0 Å². The molecule has 1 rings (SSSR count). The van der Waals surface area contributed by atoms with E-state index in [2.05, 4.69) is 0 Å². The summed E-state index contributed by atoms with van der Waals surface area (Å²) < 4.78 is 23.4. The minimum absolute atomic E-state index is 0.0366. The maximum Gasteiger partial charge on any atom is 0.337 e. The Bertz CT molecular complexity index is 481. The fraction of sp³-hybridized carbons (Fsp3) is 0.222. The van der Waals surface area contributed by atoms with Gasteiger partial charge in [-0.15, -0.1) is 0 Å². The van der Waals surface area contributed by atoms with Crippen molar-refractivity contribution in [2.75, 3.05) is 17.6 Å². The number of hydrogen-bond donors (Lipinski definition) is 1. The maximum atomic E-state index is 11.2. The molecule has 0 heterocycles. The molecule has 0 fully saturated rings. The number of benzene rings is 1. The largest absolute Gasteiger partial charge is 0.478 e. The summed E-state index contributed by atoms with van der Waals surface area (Å²) in [4.78, 5) is 10.8. The van der Waals surface area contributed by atoms with E-state index in [4.69, 9.17) is 5.11 Å². The summed E-state index contributed by atoms with van der Waals surface area (Å²) in [6, 6.07) is 5.94. The van der Waals surface area contributed by atoms with Crippen molar-refractivity contribution in [3.05, 3.63) is 29.8 Å². The molecule has 5 nitrogen and oxygen atoms in total. The number of sulfonamides is 1. The van der Waals surface area contributed by atoms with Crippen LogP contribution in [0.1, 0.15) is 10.4 Å². The first-order chi connectivity index (χ1) is 6.84. The molecule has 0 aliphatic carbocycles. The summed E-state index contributed by atoms with van der Waals surface area (Å²) in [6.45, 7) is 0. The smallest absolute Gasteiger partial charge is 0.337 e. The van der Waals surface area contributed by atoms with Crippen LogP contribution in [-0.2, 0) is 10.0 Å². The Balaban J connectivity index is 3.32. The topological polar surface area (TPSA) is 74.7 Å². The number of carboxylic acids is 1. The fourth-order valence-corrected chi connectivity index (χ4v) is 1.62. The minimum atomic E-state index is -3.44. The molecule has 1 aromatic carbocycles. The van der Waals surface area contributed by atoms with Crippen LogP contribution in [0.5, 0.6) is 0 Å². The summed E-state index contributed by atoms with van der Waals surface area (Å²) in [5.41, 5.74) is 0.123. The third-order valence-corrected chi connectivity index (χ3v) is 3.16. The first kappa shape index (κ1) is 11.5. The summed E-state index contributed by atoms with van der Waals surface area (Å²) in [7, 11) is -2.13. The number of para-hydroxylation sites is 1. The summed E-state index contributed by atoms with van der Waals surface area (Å²) in [6.07, 6.45) is 1.02. The molecule has 0 bridgehead atoms. The van der Waals surface area contributed by atoms with E-state index in [1.54, 1.807) is 12.1 Å². The van der Waals surface area contributed by atoms with Crippen LogP contribution in [0.15, 0.2) is 24.3 Å². The van der Waals surface area contributed by atoms with Crippen molar-refractivity contribution in [3.63, 3.8) is 0 Å². The van der Waals surface area contributed by atoms with Crippen molar-refractivity contribution >= 4 is 21.7 Å². The second kappa shape index (κ2) is 3.90. The zero-order valence-electron chi connectivity index (χ0n) is 8.34. The van der Waals surface area contributed by atoms with Crippen LogP contribution in [0.25, 0.3) is 0 Å². The lowest BCUT2D eigenvalue weighted by atomic mass is 10.2. The lowest BCUT2D eigenvalue weighted by Gasteiger charge is -2.18. The van der Waals surface area contributed by atoms with E-state index in [1.165, 1.54) is 19.2 Å². The first-order valence-corrected chi connectivity index (χ1v) is 5.95. The van der Waals surface area contributed by atoms with E-state index < -0.39 is 16.0 Å². The molecule has 1 N–H and O–H groups in total. The fourth-order valence-electron chi connectivity index (χ4n) is 1.11. The van der Waals surface area contributed by atoms with E-state index in [-0.39, 0.29) is 11.3 Å². The molecule has 15 heavy (non-hydrogen) atoms. The lowest BCUT2D eigenvalue weighted by molar-refractivity contribution is 0.0698. The molecule has 0 aromatic heterocycles.